The summed E-state index contributed by atoms with van der Waals surface area (Å²) in [4.78, 5) is 14.0. The molecule has 0 spiro atoms. The standard InChI is InChI=1S/C20H22N6/c1-2-6-18(7-3-1)19-20(22-9-8-21-19)26-13-11-25(12-14-26)10-4-5-17-15-23-24-16-17/h1-9,15-16H,10-14H2,(H,23,24). The molecular weight excluding hydrogens is 324 g/mol. The zero-order valence-corrected chi connectivity index (χ0v) is 14.6. The molecule has 0 aliphatic carbocycles. The third-order valence-corrected chi connectivity index (χ3v) is 4.59. The van der Waals surface area contributed by atoms with E-state index in [0.717, 1.165) is 55.4 Å². The summed E-state index contributed by atoms with van der Waals surface area (Å²) in [5, 5.41) is 6.78. The van der Waals surface area contributed by atoms with Gasteiger partial charge in [-0.15, -0.1) is 0 Å². The number of benzene rings is 1. The first-order chi connectivity index (χ1) is 12.9. The second kappa shape index (κ2) is 7.93. The summed E-state index contributed by atoms with van der Waals surface area (Å²) in [5.41, 5.74) is 3.18. The van der Waals surface area contributed by atoms with Gasteiger partial charge in [-0.05, 0) is 0 Å². The molecule has 1 aliphatic rings. The van der Waals surface area contributed by atoms with Crippen molar-refractivity contribution in [3.05, 3.63) is 66.8 Å². The van der Waals surface area contributed by atoms with Crippen LogP contribution in [0.2, 0.25) is 0 Å². The van der Waals surface area contributed by atoms with Gasteiger partial charge in [0.25, 0.3) is 0 Å². The highest BCUT2D eigenvalue weighted by atomic mass is 15.3. The van der Waals surface area contributed by atoms with Gasteiger partial charge in [-0.1, -0.05) is 42.5 Å². The Morgan fingerprint density at radius 1 is 1.00 bits per heavy atom. The predicted octanol–water partition coefficient (Wildman–Crippen LogP) is 2.70. The van der Waals surface area contributed by atoms with Crippen LogP contribution in [0.5, 0.6) is 0 Å². The van der Waals surface area contributed by atoms with E-state index in [1.807, 2.05) is 30.6 Å². The third-order valence-electron chi connectivity index (χ3n) is 4.59. The molecule has 1 aliphatic heterocycles. The summed E-state index contributed by atoms with van der Waals surface area (Å²) >= 11 is 0. The van der Waals surface area contributed by atoms with Crippen LogP contribution in [-0.2, 0) is 0 Å². The molecule has 132 valence electrons. The summed E-state index contributed by atoms with van der Waals surface area (Å²) in [5.74, 6) is 0.979. The fourth-order valence-corrected chi connectivity index (χ4v) is 3.19. The first kappa shape index (κ1) is 16.5. The Morgan fingerprint density at radius 3 is 2.58 bits per heavy atom. The maximum Gasteiger partial charge on any atom is 0.155 e. The minimum Gasteiger partial charge on any atom is -0.352 e. The average molecular weight is 346 g/mol. The summed E-state index contributed by atoms with van der Waals surface area (Å²) < 4.78 is 0. The van der Waals surface area contributed by atoms with Crippen LogP contribution < -0.4 is 4.90 Å². The van der Waals surface area contributed by atoms with Crippen LogP contribution in [0.25, 0.3) is 17.3 Å². The molecule has 6 nitrogen and oxygen atoms in total. The number of aromatic amines is 1. The zero-order chi connectivity index (χ0) is 17.6. The molecule has 1 aromatic carbocycles. The quantitative estimate of drug-likeness (QED) is 0.770. The van der Waals surface area contributed by atoms with Crippen molar-refractivity contribution in [1.82, 2.24) is 25.1 Å². The maximum atomic E-state index is 4.62. The monoisotopic (exact) mass is 346 g/mol. The van der Waals surface area contributed by atoms with Crippen LogP contribution in [0.1, 0.15) is 5.56 Å². The van der Waals surface area contributed by atoms with Crippen molar-refractivity contribution in [2.45, 2.75) is 0 Å². The maximum absolute atomic E-state index is 4.62. The number of hydrogen-bond donors (Lipinski definition) is 1. The number of aromatic nitrogens is 4. The van der Waals surface area contributed by atoms with Crippen LogP contribution in [-0.4, -0.2) is 57.8 Å². The van der Waals surface area contributed by atoms with E-state index in [-0.39, 0.29) is 0 Å². The number of nitrogens with zero attached hydrogens (tertiary/aromatic N) is 5. The van der Waals surface area contributed by atoms with Gasteiger partial charge in [0, 0.05) is 62.4 Å². The Bertz CT molecular complexity index is 836. The number of anilines is 1. The summed E-state index contributed by atoms with van der Waals surface area (Å²) in [7, 11) is 0. The van der Waals surface area contributed by atoms with E-state index in [1.165, 1.54) is 0 Å². The molecule has 3 heterocycles. The van der Waals surface area contributed by atoms with Crippen molar-refractivity contribution < 1.29 is 0 Å². The lowest BCUT2D eigenvalue weighted by Crippen LogP contribution is -2.46. The van der Waals surface area contributed by atoms with Crippen LogP contribution in [0.3, 0.4) is 0 Å². The van der Waals surface area contributed by atoms with Gasteiger partial charge in [-0.3, -0.25) is 15.0 Å². The van der Waals surface area contributed by atoms with Gasteiger partial charge in [0.1, 0.15) is 5.69 Å². The summed E-state index contributed by atoms with van der Waals surface area (Å²) in [6.07, 6.45) is 11.6. The molecule has 2 aromatic heterocycles. The SMILES string of the molecule is C(=Cc1cn[nH]c1)CN1CCN(c2nccnc2-c2ccccc2)CC1. The van der Waals surface area contributed by atoms with Crippen LogP contribution >= 0.6 is 0 Å². The molecule has 1 N–H and O–H groups in total. The van der Waals surface area contributed by atoms with Gasteiger partial charge >= 0.3 is 0 Å². The van der Waals surface area contributed by atoms with Crippen molar-refractivity contribution in [1.29, 1.82) is 0 Å². The minimum absolute atomic E-state index is 0.949. The van der Waals surface area contributed by atoms with Crippen LogP contribution in [0.15, 0.2) is 61.2 Å². The molecule has 4 rings (SSSR count). The van der Waals surface area contributed by atoms with Gasteiger partial charge in [0.05, 0.1) is 6.20 Å². The molecule has 0 unspecified atom stereocenters. The molecular formula is C20H22N6. The van der Waals surface area contributed by atoms with Crippen molar-refractivity contribution in [3.8, 4) is 11.3 Å². The second-order valence-electron chi connectivity index (χ2n) is 6.32. The highest BCUT2D eigenvalue weighted by Gasteiger charge is 2.20. The Balaban J connectivity index is 1.39. The van der Waals surface area contributed by atoms with Gasteiger partial charge in [0.15, 0.2) is 5.82 Å². The number of hydrogen-bond acceptors (Lipinski definition) is 5. The molecule has 1 fully saturated rings. The molecule has 3 aromatic rings. The van der Waals surface area contributed by atoms with E-state index in [0.29, 0.717) is 0 Å². The molecule has 0 atom stereocenters. The summed E-state index contributed by atoms with van der Waals surface area (Å²) in [6, 6.07) is 10.3. The largest absolute Gasteiger partial charge is 0.352 e. The lowest BCUT2D eigenvalue weighted by molar-refractivity contribution is 0.283. The van der Waals surface area contributed by atoms with Crippen molar-refractivity contribution >= 4 is 11.9 Å². The molecule has 0 radical (unpaired) electrons. The Kier molecular flexibility index (Phi) is 5.02. The van der Waals surface area contributed by atoms with Crippen molar-refractivity contribution in [3.63, 3.8) is 0 Å². The van der Waals surface area contributed by atoms with Gasteiger partial charge in [-0.25, -0.2) is 4.98 Å². The molecule has 1 saturated heterocycles. The minimum atomic E-state index is 0.949. The van der Waals surface area contributed by atoms with Crippen molar-refractivity contribution in [2.24, 2.45) is 0 Å². The molecule has 0 saturated carbocycles. The van der Waals surface area contributed by atoms with E-state index < -0.39 is 0 Å². The van der Waals surface area contributed by atoms with E-state index in [1.54, 1.807) is 12.4 Å². The fraction of sp³-hybridized carbons (Fsp3) is 0.250. The molecule has 0 amide bonds. The highest BCUT2D eigenvalue weighted by Crippen LogP contribution is 2.26. The first-order valence-corrected chi connectivity index (χ1v) is 8.89. The zero-order valence-electron chi connectivity index (χ0n) is 14.6. The number of H-pyrrole nitrogens is 1. The second-order valence-corrected chi connectivity index (χ2v) is 6.32. The summed E-state index contributed by atoms with van der Waals surface area (Å²) in [6.45, 7) is 4.89. The van der Waals surface area contributed by atoms with Crippen molar-refractivity contribution in [2.75, 3.05) is 37.6 Å². The Labute approximate surface area is 153 Å². The van der Waals surface area contributed by atoms with Gasteiger partial charge < -0.3 is 4.90 Å². The Hall–Kier alpha value is -2.99. The number of nitrogens with one attached hydrogen (secondary N) is 1. The van der Waals surface area contributed by atoms with E-state index in [4.69, 9.17) is 0 Å². The van der Waals surface area contributed by atoms with Gasteiger partial charge in [0.2, 0.25) is 0 Å². The third kappa shape index (κ3) is 3.81. The topological polar surface area (TPSA) is 60.9 Å². The fourth-order valence-electron chi connectivity index (χ4n) is 3.19. The van der Waals surface area contributed by atoms with E-state index in [9.17, 15) is 0 Å². The smallest absolute Gasteiger partial charge is 0.155 e. The van der Waals surface area contributed by atoms with E-state index in [2.05, 4.69) is 54.2 Å². The molecule has 26 heavy (non-hydrogen) atoms. The highest BCUT2D eigenvalue weighted by molar-refractivity contribution is 5.71. The lowest BCUT2D eigenvalue weighted by atomic mass is 10.1. The van der Waals surface area contributed by atoms with Crippen LogP contribution in [0, 0.1) is 0 Å². The molecule has 0 bridgehead atoms. The molecule has 6 heteroatoms. The lowest BCUT2D eigenvalue weighted by Gasteiger charge is -2.35. The van der Waals surface area contributed by atoms with Gasteiger partial charge in [-0.2, -0.15) is 5.10 Å². The Morgan fingerprint density at radius 2 is 1.81 bits per heavy atom. The predicted molar refractivity (Wildman–Crippen MR) is 104 cm³/mol. The van der Waals surface area contributed by atoms with Crippen LogP contribution in [0.4, 0.5) is 5.82 Å². The first-order valence-electron chi connectivity index (χ1n) is 8.89. The van der Waals surface area contributed by atoms with E-state index >= 15 is 0 Å². The normalized spacial score (nSPS) is 15.6. The number of rotatable bonds is 5. The number of piperazine rings is 1. The average Bonchev–Trinajstić information content (AvgIpc) is 3.23.